The third-order valence-corrected chi connectivity index (χ3v) is 2.39. The molecule has 0 radical (unpaired) electrons. The Labute approximate surface area is 96.7 Å². The molecule has 16 heavy (non-hydrogen) atoms. The van der Waals surface area contributed by atoms with Gasteiger partial charge in [-0.15, -0.1) is 0 Å². The molecule has 1 heterocycles. The van der Waals surface area contributed by atoms with Gasteiger partial charge in [-0.05, 0) is 29.8 Å². The van der Waals surface area contributed by atoms with Gasteiger partial charge in [0.1, 0.15) is 5.82 Å². The molecule has 1 aromatic heterocycles. The zero-order valence-electron chi connectivity index (χ0n) is 8.15. The molecule has 0 fully saturated rings. The standard InChI is InChI=1S/C12H7ClFNO/c13-10-2-1-8(7-16)12(4-10)9-3-11(14)6-15-5-9/h1-7H. The van der Waals surface area contributed by atoms with Gasteiger partial charge in [0.15, 0.2) is 6.29 Å². The second kappa shape index (κ2) is 4.41. The van der Waals surface area contributed by atoms with Crippen molar-refractivity contribution in [3.8, 4) is 11.1 Å². The van der Waals surface area contributed by atoms with Gasteiger partial charge in [0.25, 0.3) is 0 Å². The third kappa shape index (κ3) is 2.09. The van der Waals surface area contributed by atoms with Gasteiger partial charge in [0.2, 0.25) is 0 Å². The number of aldehydes is 1. The molecule has 2 nitrogen and oxygen atoms in total. The molecule has 0 spiro atoms. The summed E-state index contributed by atoms with van der Waals surface area (Å²) in [4.78, 5) is 14.6. The first-order chi connectivity index (χ1) is 7.70. The predicted molar refractivity (Wildman–Crippen MR) is 60.0 cm³/mol. The van der Waals surface area contributed by atoms with Crippen LogP contribution in [0.15, 0.2) is 36.7 Å². The monoisotopic (exact) mass is 235 g/mol. The van der Waals surface area contributed by atoms with Crippen molar-refractivity contribution < 1.29 is 9.18 Å². The van der Waals surface area contributed by atoms with E-state index in [1.807, 2.05) is 0 Å². The molecule has 0 aliphatic heterocycles. The number of rotatable bonds is 2. The SMILES string of the molecule is O=Cc1ccc(Cl)cc1-c1cncc(F)c1. The van der Waals surface area contributed by atoms with Crippen LogP contribution >= 0.6 is 11.6 Å². The number of aromatic nitrogens is 1. The van der Waals surface area contributed by atoms with Crippen molar-refractivity contribution in [2.45, 2.75) is 0 Å². The Morgan fingerprint density at radius 2 is 2.06 bits per heavy atom. The zero-order chi connectivity index (χ0) is 11.5. The predicted octanol–water partition coefficient (Wildman–Crippen LogP) is 3.35. The Hall–Kier alpha value is -1.74. The quantitative estimate of drug-likeness (QED) is 0.747. The summed E-state index contributed by atoms with van der Waals surface area (Å²) in [5, 5.41) is 0.491. The van der Waals surface area contributed by atoms with Gasteiger partial charge in [-0.25, -0.2) is 4.39 Å². The largest absolute Gasteiger partial charge is 0.298 e. The van der Waals surface area contributed by atoms with Gasteiger partial charge < -0.3 is 0 Å². The topological polar surface area (TPSA) is 30.0 Å². The second-order valence-electron chi connectivity index (χ2n) is 3.24. The van der Waals surface area contributed by atoms with Crippen molar-refractivity contribution in [3.63, 3.8) is 0 Å². The molecule has 0 saturated carbocycles. The summed E-state index contributed by atoms with van der Waals surface area (Å²) in [7, 11) is 0. The normalized spacial score (nSPS) is 10.1. The van der Waals surface area contributed by atoms with Crippen molar-refractivity contribution in [1.29, 1.82) is 0 Å². The summed E-state index contributed by atoms with van der Waals surface area (Å²) < 4.78 is 13.0. The van der Waals surface area contributed by atoms with E-state index >= 15 is 0 Å². The number of carbonyl (C=O) groups excluding carboxylic acids is 1. The van der Waals surface area contributed by atoms with Crippen molar-refractivity contribution in [3.05, 3.63) is 53.1 Å². The Bertz CT molecular complexity index is 542. The van der Waals surface area contributed by atoms with Crippen LogP contribution in [0.2, 0.25) is 5.02 Å². The first kappa shape index (κ1) is 10.8. The summed E-state index contributed by atoms with van der Waals surface area (Å²) in [6.07, 6.45) is 3.30. The Kier molecular flexibility index (Phi) is 2.97. The van der Waals surface area contributed by atoms with Crippen molar-refractivity contribution in [2.75, 3.05) is 0 Å². The highest BCUT2D eigenvalue weighted by molar-refractivity contribution is 6.31. The average Bonchev–Trinajstić information content (AvgIpc) is 2.29. The molecular weight excluding hydrogens is 229 g/mol. The van der Waals surface area contributed by atoms with E-state index in [9.17, 15) is 9.18 Å². The number of benzene rings is 1. The highest BCUT2D eigenvalue weighted by Crippen LogP contribution is 2.25. The molecular formula is C12H7ClFNO. The number of nitrogens with zero attached hydrogens (tertiary/aromatic N) is 1. The molecule has 0 saturated heterocycles. The van der Waals surface area contributed by atoms with Crippen molar-refractivity contribution >= 4 is 17.9 Å². The molecule has 0 bridgehead atoms. The van der Waals surface area contributed by atoms with E-state index < -0.39 is 5.82 Å². The molecule has 2 rings (SSSR count). The number of carbonyl (C=O) groups is 1. The maximum absolute atomic E-state index is 13.0. The van der Waals surface area contributed by atoms with Crippen LogP contribution in [0.3, 0.4) is 0 Å². The molecule has 80 valence electrons. The summed E-state index contributed by atoms with van der Waals surface area (Å²) in [6.45, 7) is 0. The molecule has 0 aliphatic rings. The van der Waals surface area contributed by atoms with E-state index in [0.29, 0.717) is 28.0 Å². The Balaban J connectivity index is 2.62. The molecule has 0 atom stereocenters. The van der Waals surface area contributed by atoms with Crippen LogP contribution in [0.1, 0.15) is 10.4 Å². The lowest BCUT2D eigenvalue weighted by molar-refractivity contribution is 0.112. The van der Waals surface area contributed by atoms with Crippen LogP contribution < -0.4 is 0 Å². The lowest BCUT2D eigenvalue weighted by atomic mass is 10.0. The second-order valence-corrected chi connectivity index (χ2v) is 3.68. The van der Waals surface area contributed by atoms with E-state index in [-0.39, 0.29) is 0 Å². The summed E-state index contributed by atoms with van der Waals surface area (Å²) in [6, 6.07) is 6.13. The fourth-order valence-corrected chi connectivity index (χ4v) is 1.61. The fraction of sp³-hybridized carbons (Fsp3) is 0. The van der Waals surface area contributed by atoms with Crippen LogP contribution in [-0.2, 0) is 0 Å². The van der Waals surface area contributed by atoms with E-state index in [1.165, 1.54) is 12.3 Å². The minimum Gasteiger partial charge on any atom is -0.298 e. The van der Waals surface area contributed by atoms with Gasteiger partial charge in [-0.2, -0.15) is 0 Å². The third-order valence-electron chi connectivity index (χ3n) is 2.16. The number of hydrogen-bond donors (Lipinski definition) is 0. The Morgan fingerprint density at radius 3 is 2.75 bits per heavy atom. The van der Waals surface area contributed by atoms with E-state index in [1.54, 1.807) is 18.2 Å². The van der Waals surface area contributed by atoms with Crippen molar-refractivity contribution in [2.24, 2.45) is 0 Å². The number of halogens is 2. The summed E-state index contributed by atoms with van der Waals surface area (Å²) >= 11 is 5.83. The first-order valence-electron chi connectivity index (χ1n) is 4.56. The van der Waals surface area contributed by atoms with E-state index in [4.69, 9.17) is 11.6 Å². The summed E-state index contributed by atoms with van der Waals surface area (Å²) in [5.74, 6) is -0.450. The first-order valence-corrected chi connectivity index (χ1v) is 4.94. The minimum absolute atomic E-state index is 0.450. The van der Waals surface area contributed by atoms with Crippen LogP contribution in [0.4, 0.5) is 4.39 Å². The van der Waals surface area contributed by atoms with Crippen LogP contribution in [0.5, 0.6) is 0 Å². The molecule has 0 aliphatic carbocycles. The van der Waals surface area contributed by atoms with Gasteiger partial charge in [0, 0.05) is 22.3 Å². The van der Waals surface area contributed by atoms with Crippen molar-refractivity contribution in [1.82, 2.24) is 4.98 Å². The average molecular weight is 236 g/mol. The van der Waals surface area contributed by atoms with E-state index in [2.05, 4.69) is 4.98 Å². The molecule has 0 unspecified atom stereocenters. The molecule has 1 aromatic carbocycles. The lowest BCUT2D eigenvalue weighted by Gasteiger charge is -2.05. The van der Waals surface area contributed by atoms with Gasteiger partial charge in [-0.3, -0.25) is 9.78 Å². The van der Waals surface area contributed by atoms with Crippen LogP contribution in [0.25, 0.3) is 11.1 Å². The lowest BCUT2D eigenvalue weighted by Crippen LogP contribution is -1.89. The minimum atomic E-state index is -0.450. The zero-order valence-corrected chi connectivity index (χ0v) is 8.91. The molecule has 2 aromatic rings. The molecule has 4 heteroatoms. The highest BCUT2D eigenvalue weighted by Gasteiger charge is 2.06. The number of hydrogen-bond acceptors (Lipinski definition) is 2. The van der Waals surface area contributed by atoms with Gasteiger partial charge >= 0.3 is 0 Å². The maximum atomic E-state index is 13.0. The van der Waals surface area contributed by atoms with Crippen LogP contribution in [0, 0.1) is 5.82 Å². The van der Waals surface area contributed by atoms with Crippen LogP contribution in [-0.4, -0.2) is 11.3 Å². The fourth-order valence-electron chi connectivity index (χ4n) is 1.44. The summed E-state index contributed by atoms with van der Waals surface area (Å²) in [5.41, 5.74) is 1.57. The highest BCUT2D eigenvalue weighted by atomic mass is 35.5. The smallest absolute Gasteiger partial charge is 0.150 e. The molecule has 0 amide bonds. The number of pyridine rings is 1. The van der Waals surface area contributed by atoms with E-state index in [0.717, 1.165) is 6.20 Å². The Morgan fingerprint density at radius 1 is 1.25 bits per heavy atom. The van der Waals surface area contributed by atoms with Gasteiger partial charge in [-0.1, -0.05) is 11.6 Å². The molecule has 0 N–H and O–H groups in total. The van der Waals surface area contributed by atoms with Gasteiger partial charge in [0.05, 0.1) is 6.20 Å². The maximum Gasteiger partial charge on any atom is 0.150 e.